The number of anilines is 2. The first-order valence-corrected chi connectivity index (χ1v) is 24.4. The van der Waals surface area contributed by atoms with Crippen LogP contribution in [0.1, 0.15) is 97.6 Å². The maximum absolute atomic E-state index is 13.4. The number of nitrogens with zero attached hydrogens (tertiary/aromatic N) is 10. The summed E-state index contributed by atoms with van der Waals surface area (Å²) in [6, 6.07) is 13.2. The summed E-state index contributed by atoms with van der Waals surface area (Å²) >= 11 is 0. The van der Waals surface area contributed by atoms with Crippen molar-refractivity contribution in [3.05, 3.63) is 84.5 Å². The minimum atomic E-state index is -3.59. The molecule has 66 heavy (non-hydrogen) atoms. The summed E-state index contributed by atoms with van der Waals surface area (Å²) in [7, 11) is -1.72. The number of rotatable bonds is 16. The number of aromatic nitrogens is 8. The van der Waals surface area contributed by atoms with Crippen LogP contribution in [-0.2, 0) is 28.4 Å². The van der Waals surface area contributed by atoms with Gasteiger partial charge in [-0.1, -0.05) is 58.0 Å². The molecule has 6 aromatic rings. The van der Waals surface area contributed by atoms with Crippen molar-refractivity contribution in [2.45, 2.75) is 104 Å². The van der Waals surface area contributed by atoms with Crippen LogP contribution in [-0.4, -0.2) is 114 Å². The van der Waals surface area contributed by atoms with Crippen LogP contribution in [0.5, 0.6) is 5.75 Å². The quantitative estimate of drug-likeness (QED) is 0.0808. The van der Waals surface area contributed by atoms with E-state index in [9.17, 15) is 18.0 Å². The zero-order valence-electron chi connectivity index (χ0n) is 39.5. The van der Waals surface area contributed by atoms with Gasteiger partial charge in [0.2, 0.25) is 27.5 Å². The Labute approximate surface area is 387 Å². The fourth-order valence-corrected chi connectivity index (χ4v) is 9.69. The van der Waals surface area contributed by atoms with E-state index in [1.807, 2.05) is 72.9 Å². The molecular weight excluding hydrogens is 859 g/mol. The molecule has 0 unspecified atom stereocenters. The number of piperidine rings is 1. The minimum absolute atomic E-state index is 0.00222. The van der Waals surface area contributed by atoms with Gasteiger partial charge in [0.1, 0.15) is 12.0 Å². The number of carbonyl (C=O) groups excluding carboxylic acids is 2. The number of aromatic amines is 1. The number of ether oxygens (including phenoxy) is 1. The Bertz CT molecular complexity index is 2700. The van der Waals surface area contributed by atoms with E-state index in [1.165, 1.54) is 14.8 Å². The summed E-state index contributed by atoms with van der Waals surface area (Å²) in [6.07, 6.45) is 9.11. The summed E-state index contributed by atoms with van der Waals surface area (Å²) in [5.41, 5.74) is 6.20. The van der Waals surface area contributed by atoms with Gasteiger partial charge in [0.15, 0.2) is 11.6 Å². The van der Waals surface area contributed by atoms with Crippen LogP contribution in [0.2, 0.25) is 0 Å². The second-order valence-corrected chi connectivity index (χ2v) is 18.6. The summed E-state index contributed by atoms with van der Waals surface area (Å²) < 4.78 is 37.6. The number of likely N-dealkylation sites (tertiary alicyclic amines) is 1. The van der Waals surface area contributed by atoms with Crippen molar-refractivity contribution < 1.29 is 22.7 Å². The van der Waals surface area contributed by atoms with Gasteiger partial charge in [0.05, 0.1) is 22.7 Å². The summed E-state index contributed by atoms with van der Waals surface area (Å²) in [5, 5.41) is 22.2. The zero-order valence-corrected chi connectivity index (χ0v) is 40.4. The molecule has 354 valence electrons. The molecule has 6 heterocycles. The molecule has 2 saturated heterocycles. The van der Waals surface area contributed by atoms with Gasteiger partial charge in [-0.25, -0.2) is 18.2 Å². The Hall–Kier alpha value is -6.18. The van der Waals surface area contributed by atoms with Crippen molar-refractivity contribution in [1.82, 2.24) is 54.1 Å². The molecule has 0 aliphatic carbocycles. The first-order chi connectivity index (χ1) is 31.7. The smallest absolute Gasteiger partial charge is 0.329 e. The molecule has 2 aromatic carbocycles. The molecular formula is C47H65N13O5S. The third-order valence-corrected chi connectivity index (χ3v) is 12.9. The van der Waals surface area contributed by atoms with Gasteiger partial charge in [-0.05, 0) is 101 Å². The maximum Gasteiger partial charge on any atom is 0.329 e. The molecule has 2 fully saturated rings. The van der Waals surface area contributed by atoms with Crippen LogP contribution in [0.25, 0.3) is 27.8 Å². The molecule has 8 rings (SSSR count). The molecule has 2 aliphatic heterocycles. The van der Waals surface area contributed by atoms with Gasteiger partial charge < -0.3 is 10.1 Å². The topological polar surface area (TPSA) is 201 Å². The number of H-pyrrole nitrogens is 1. The number of imide groups is 1. The summed E-state index contributed by atoms with van der Waals surface area (Å²) in [4.78, 5) is 37.2. The van der Waals surface area contributed by atoms with Crippen molar-refractivity contribution >= 4 is 50.3 Å². The highest BCUT2D eigenvalue weighted by molar-refractivity contribution is 7.89. The van der Waals surface area contributed by atoms with Crippen molar-refractivity contribution in [3.8, 4) is 17.0 Å². The standard InChI is InChI=1S/C31H40N6O4S.C14H19N7O.C2H6/c1-5-14-36(20-22(2)3)42(40,41)26-8-6-7-23(18-26)21-35-15-11-24(12-16-35)25-9-10-27-28(19-25)34(4)33-30(27)37-17-13-29(38)32-31(37)39;1-4-5-15-14-19-13-12(22-9(2)3)11(10-6-17-18-7-10)16-8-21(13)20-14;1-2/h6-10,18-19,24H,2,5,11-17,20-21H2,1,3-4H3,(H,32,38,39);6-9H,4-5H2,1-3H3,(H,15,20)(H,17,18);1-2H3. The minimum Gasteiger partial charge on any atom is -0.485 e. The van der Waals surface area contributed by atoms with Crippen LogP contribution >= 0.6 is 0 Å². The molecule has 18 nitrogen and oxygen atoms in total. The van der Waals surface area contributed by atoms with Crippen molar-refractivity contribution in [3.63, 3.8) is 0 Å². The van der Waals surface area contributed by atoms with Gasteiger partial charge in [0.25, 0.3) is 0 Å². The van der Waals surface area contributed by atoms with Gasteiger partial charge in [-0.2, -0.15) is 24.0 Å². The van der Waals surface area contributed by atoms with Crippen molar-refractivity contribution in [2.24, 2.45) is 7.05 Å². The summed E-state index contributed by atoms with van der Waals surface area (Å²) in [6.45, 7) is 22.2. The van der Waals surface area contributed by atoms with E-state index in [0.29, 0.717) is 65.8 Å². The third-order valence-electron chi connectivity index (χ3n) is 11.1. The van der Waals surface area contributed by atoms with Crippen molar-refractivity contribution in [1.29, 1.82) is 0 Å². The van der Waals surface area contributed by atoms with E-state index in [2.05, 4.69) is 71.5 Å². The molecule has 3 amide bonds. The molecule has 0 atom stereocenters. The van der Waals surface area contributed by atoms with Crippen LogP contribution in [0.15, 0.2) is 78.2 Å². The van der Waals surface area contributed by atoms with Gasteiger partial charge in [-0.3, -0.25) is 29.7 Å². The number of hydrogen-bond donors (Lipinski definition) is 3. The fourth-order valence-electron chi connectivity index (χ4n) is 8.02. The summed E-state index contributed by atoms with van der Waals surface area (Å²) in [5.74, 6) is 1.88. The lowest BCUT2D eigenvalue weighted by Crippen LogP contribution is -2.49. The average Bonchev–Trinajstić information content (AvgIpc) is 4.06. The Morgan fingerprint density at radius 1 is 1.05 bits per heavy atom. The van der Waals surface area contributed by atoms with Crippen LogP contribution in [0.4, 0.5) is 16.6 Å². The monoisotopic (exact) mass is 923 g/mol. The predicted octanol–water partition coefficient (Wildman–Crippen LogP) is 7.53. The van der Waals surface area contributed by atoms with E-state index in [1.54, 1.807) is 34.0 Å². The number of aryl methyl sites for hydroxylation is 1. The molecule has 2 aliphatic rings. The molecule has 3 N–H and O–H groups in total. The lowest BCUT2D eigenvalue weighted by atomic mass is 9.89. The SMILES string of the molecule is C=C(C)CN(CCC)S(=O)(=O)c1cccc(CN2CCC(c3ccc4c(N5CCC(=O)NC5=O)nn(C)c4c3)CC2)c1.CC.CCCNc1nc2c(OC(C)C)c(-c3cn[nH]c3)ncn2n1. The van der Waals surface area contributed by atoms with E-state index in [0.717, 1.165) is 72.9 Å². The highest BCUT2D eigenvalue weighted by Crippen LogP contribution is 2.35. The second kappa shape index (κ2) is 22.3. The molecule has 0 spiro atoms. The molecule has 0 bridgehead atoms. The largest absolute Gasteiger partial charge is 0.485 e. The van der Waals surface area contributed by atoms with Crippen molar-refractivity contribution in [2.75, 3.05) is 49.5 Å². The zero-order chi connectivity index (χ0) is 47.5. The molecule has 0 radical (unpaired) electrons. The maximum atomic E-state index is 13.4. The number of benzene rings is 2. The molecule has 4 aromatic heterocycles. The van der Waals surface area contributed by atoms with Gasteiger partial charge in [-0.15, -0.1) is 5.10 Å². The average molecular weight is 924 g/mol. The van der Waals surface area contributed by atoms with E-state index in [-0.39, 0.29) is 18.4 Å². The van der Waals surface area contributed by atoms with Crippen LogP contribution < -0.4 is 20.3 Å². The lowest BCUT2D eigenvalue weighted by molar-refractivity contribution is -0.120. The Kier molecular flexibility index (Phi) is 16.7. The molecule has 19 heteroatoms. The predicted molar refractivity (Wildman–Crippen MR) is 258 cm³/mol. The lowest BCUT2D eigenvalue weighted by Gasteiger charge is -2.32. The Morgan fingerprint density at radius 2 is 1.82 bits per heavy atom. The fraction of sp³-hybridized carbons (Fsp3) is 0.468. The van der Waals surface area contributed by atoms with E-state index >= 15 is 0 Å². The van der Waals surface area contributed by atoms with E-state index < -0.39 is 16.1 Å². The second-order valence-electron chi connectivity index (χ2n) is 16.7. The van der Waals surface area contributed by atoms with E-state index in [4.69, 9.17) is 4.74 Å². The highest BCUT2D eigenvalue weighted by Gasteiger charge is 2.29. The Balaban J connectivity index is 0.000000251. The first kappa shape index (κ1) is 49.3. The number of nitrogens with one attached hydrogen (secondary N) is 3. The first-order valence-electron chi connectivity index (χ1n) is 22.9. The molecule has 0 saturated carbocycles. The van der Waals surface area contributed by atoms with Gasteiger partial charge >= 0.3 is 6.03 Å². The number of amides is 3. The Morgan fingerprint density at radius 3 is 2.48 bits per heavy atom. The highest BCUT2D eigenvalue weighted by atomic mass is 32.2. The van der Waals surface area contributed by atoms with Crippen LogP contribution in [0.3, 0.4) is 0 Å². The number of hydrogen-bond acceptors (Lipinski definition) is 12. The number of urea groups is 1. The van der Waals surface area contributed by atoms with Gasteiger partial charge in [0, 0.05) is 63.3 Å². The number of sulfonamides is 1. The number of carbonyl (C=O) groups is 2. The third kappa shape index (κ3) is 11.6. The normalized spacial score (nSPS) is 14.8. The number of fused-ring (bicyclic) bond motifs is 2. The van der Waals surface area contributed by atoms with Crippen LogP contribution in [0, 0.1) is 0 Å².